The van der Waals surface area contributed by atoms with Crippen molar-refractivity contribution in [1.82, 2.24) is 10.6 Å². The van der Waals surface area contributed by atoms with Crippen LogP contribution in [-0.4, -0.2) is 42.0 Å². The number of hydrogen-bond acceptors (Lipinski definition) is 4. The van der Waals surface area contributed by atoms with Gasteiger partial charge in [0.25, 0.3) is 0 Å². The highest BCUT2D eigenvalue weighted by molar-refractivity contribution is 5.82. The Balaban J connectivity index is 2.47. The zero-order valence-corrected chi connectivity index (χ0v) is 11.1. The molecule has 0 aliphatic carbocycles. The van der Waals surface area contributed by atoms with Crippen LogP contribution in [0.25, 0.3) is 0 Å². The lowest BCUT2D eigenvalue weighted by molar-refractivity contribution is -0.139. The molecule has 0 fully saturated rings. The summed E-state index contributed by atoms with van der Waals surface area (Å²) in [5.74, 6) is -0.510. The first-order valence-corrected chi connectivity index (χ1v) is 6.07. The Hall–Kier alpha value is -2.28. The van der Waals surface area contributed by atoms with Crippen LogP contribution in [-0.2, 0) is 11.3 Å². The molecule has 0 aromatic heterocycles. The molecule has 1 aromatic carbocycles. The van der Waals surface area contributed by atoms with Crippen LogP contribution < -0.4 is 15.4 Å². The number of rotatable bonds is 7. The van der Waals surface area contributed by atoms with E-state index in [1.165, 1.54) is 0 Å². The average molecular weight is 282 g/mol. The minimum absolute atomic E-state index is 0.0398. The van der Waals surface area contributed by atoms with Gasteiger partial charge in [0.05, 0.1) is 7.11 Å². The van der Waals surface area contributed by atoms with Gasteiger partial charge in [-0.3, -0.25) is 0 Å². The van der Waals surface area contributed by atoms with Crippen LogP contribution in [0.1, 0.15) is 12.0 Å². The Bertz CT molecular complexity index is 464. The number of aliphatic hydroxyl groups is 1. The van der Waals surface area contributed by atoms with Crippen LogP contribution in [0.2, 0.25) is 0 Å². The highest BCUT2D eigenvalue weighted by atomic mass is 16.5. The van der Waals surface area contributed by atoms with E-state index in [0.717, 1.165) is 5.56 Å². The molecule has 1 rings (SSSR count). The molecule has 4 N–H and O–H groups in total. The van der Waals surface area contributed by atoms with Crippen molar-refractivity contribution < 1.29 is 24.5 Å². The van der Waals surface area contributed by atoms with Crippen LogP contribution in [0.4, 0.5) is 4.79 Å². The molecule has 0 spiro atoms. The zero-order valence-electron chi connectivity index (χ0n) is 11.1. The molecule has 0 aliphatic heterocycles. The number of ether oxygens (including phenoxy) is 1. The second kappa shape index (κ2) is 8.00. The summed E-state index contributed by atoms with van der Waals surface area (Å²) in [4.78, 5) is 22.4. The van der Waals surface area contributed by atoms with E-state index >= 15 is 0 Å². The van der Waals surface area contributed by atoms with Crippen molar-refractivity contribution in [3.05, 3.63) is 29.8 Å². The first-order chi connectivity index (χ1) is 9.56. The molecule has 0 radical (unpaired) electrons. The van der Waals surface area contributed by atoms with Gasteiger partial charge in [-0.05, 0) is 17.7 Å². The van der Waals surface area contributed by atoms with Crippen molar-refractivity contribution in [1.29, 1.82) is 0 Å². The molecule has 2 amide bonds. The van der Waals surface area contributed by atoms with E-state index in [2.05, 4.69) is 10.6 Å². The largest absolute Gasteiger partial charge is 0.497 e. The number of carbonyl (C=O) groups excluding carboxylic acids is 1. The standard InChI is InChI=1S/C13H18N2O5/c1-20-10-4-2-3-9(7-10)8-14-13(19)15-11(5-6-16)12(17)18/h2-4,7,11,16H,5-6,8H2,1H3,(H,17,18)(H2,14,15,19)/t11-/m1/s1. The number of urea groups is 1. The molecule has 0 bridgehead atoms. The Kier molecular flexibility index (Phi) is 6.31. The van der Waals surface area contributed by atoms with E-state index in [9.17, 15) is 9.59 Å². The smallest absolute Gasteiger partial charge is 0.326 e. The SMILES string of the molecule is COc1cccc(CNC(=O)N[C@H](CCO)C(=O)O)c1. The van der Waals surface area contributed by atoms with Crippen molar-refractivity contribution >= 4 is 12.0 Å². The van der Waals surface area contributed by atoms with Gasteiger partial charge in [-0.15, -0.1) is 0 Å². The van der Waals surface area contributed by atoms with Gasteiger partial charge in [0.15, 0.2) is 0 Å². The molecule has 0 unspecified atom stereocenters. The second-order valence-corrected chi connectivity index (χ2v) is 4.08. The summed E-state index contributed by atoms with van der Waals surface area (Å²) >= 11 is 0. The van der Waals surface area contributed by atoms with E-state index in [0.29, 0.717) is 5.75 Å². The molecule has 7 heteroatoms. The van der Waals surface area contributed by atoms with Crippen LogP contribution in [0.15, 0.2) is 24.3 Å². The fraction of sp³-hybridized carbons (Fsp3) is 0.385. The number of aliphatic hydroxyl groups excluding tert-OH is 1. The number of benzene rings is 1. The molecule has 20 heavy (non-hydrogen) atoms. The Morgan fingerprint density at radius 3 is 2.75 bits per heavy atom. The van der Waals surface area contributed by atoms with Crippen molar-refractivity contribution in [2.75, 3.05) is 13.7 Å². The van der Waals surface area contributed by atoms with Gasteiger partial charge < -0.3 is 25.6 Å². The highest BCUT2D eigenvalue weighted by Crippen LogP contribution is 2.11. The van der Waals surface area contributed by atoms with Crippen LogP contribution >= 0.6 is 0 Å². The van der Waals surface area contributed by atoms with E-state index in [-0.39, 0.29) is 19.6 Å². The molecular weight excluding hydrogens is 264 g/mol. The lowest BCUT2D eigenvalue weighted by Gasteiger charge is -2.14. The van der Waals surface area contributed by atoms with Gasteiger partial charge in [-0.1, -0.05) is 12.1 Å². The van der Waals surface area contributed by atoms with E-state index in [1.54, 1.807) is 25.3 Å². The number of hydrogen-bond donors (Lipinski definition) is 4. The summed E-state index contributed by atoms with van der Waals surface area (Å²) in [5, 5.41) is 22.4. The van der Waals surface area contributed by atoms with Gasteiger partial charge >= 0.3 is 12.0 Å². The summed E-state index contributed by atoms with van der Waals surface area (Å²) in [6, 6.07) is 5.44. The molecule has 110 valence electrons. The molecule has 0 saturated carbocycles. The topological polar surface area (TPSA) is 108 Å². The second-order valence-electron chi connectivity index (χ2n) is 4.08. The van der Waals surface area contributed by atoms with Gasteiger partial charge in [0, 0.05) is 19.6 Å². The van der Waals surface area contributed by atoms with Crippen molar-refractivity contribution in [2.45, 2.75) is 19.0 Å². The van der Waals surface area contributed by atoms with Gasteiger partial charge in [-0.2, -0.15) is 0 Å². The van der Waals surface area contributed by atoms with Gasteiger partial charge in [-0.25, -0.2) is 9.59 Å². The fourth-order valence-corrected chi connectivity index (χ4v) is 1.56. The third-order valence-corrected chi connectivity index (χ3v) is 2.61. The third kappa shape index (κ3) is 5.15. The monoisotopic (exact) mass is 282 g/mol. The van der Waals surface area contributed by atoms with E-state index < -0.39 is 18.0 Å². The Labute approximate surface area is 116 Å². The van der Waals surface area contributed by atoms with Crippen molar-refractivity contribution in [3.8, 4) is 5.75 Å². The van der Waals surface area contributed by atoms with Crippen molar-refractivity contribution in [2.24, 2.45) is 0 Å². The van der Waals surface area contributed by atoms with Crippen LogP contribution in [0.5, 0.6) is 5.75 Å². The number of aliphatic carboxylic acids is 1. The molecule has 1 aromatic rings. The summed E-state index contributed by atoms with van der Waals surface area (Å²) in [7, 11) is 1.55. The number of carboxylic acid groups (broad SMARTS) is 1. The number of carbonyl (C=O) groups is 2. The van der Waals surface area contributed by atoms with Gasteiger partial charge in [0.2, 0.25) is 0 Å². The normalized spacial score (nSPS) is 11.5. The lowest BCUT2D eigenvalue weighted by Crippen LogP contribution is -2.46. The number of nitrogens with one attached hydrogen (secondary N) is 2. The van der Waals surface area contributed by atoms with Crippen molar-refractivity contribution in [3.63, 3.8) is 0 Å². The highest BCUT2D eigenvalue weighted by Gasteiger charge is 2.18. The summed E-state index contributed by atoms with van der Waals surface area (Å²) in [6.07, 6.45) is -0.0398. The molecular formula is C13H18N2O5. The molecule has 0 heterocycles. The summed E-state index contributed by atoms with van der Waals surface area (Å²) in [5.41, 5.74) is 0.827. The average Bonchev–Trinajstić information content (AvgIpc) is 2.44. The first kappa shape index (κ1) is 15.8. The minimum Gasteiger partial charge on any atom is -0.497 e. The summed E-state index contributed by atoms with van der Waals surface area (Å²) in [6.45, 7) is -0.0678. The van der Waals surface area contributed by atoms with E-state index in [4.69, 9.17) is 14.9 Å². The first-order valence-electron chi connectivity index (χ1n) is 6.07. The minimum atomic E-state index is -1.18. The van der Waals surface area contributed by atoms with Gasteiger partial charge in [0.1, 0.15) is 11.8 Å². The number of methoxy groups -OCH3 is 1. The third-order valence-electron chi connectivity index (χ3n) is 2.61. The Morgan fingerprint density at radius 1 is 1.40 bits per heavy atom. The van der Waals surface area contributed by atoms with E-state index in [1.807, 2.05) is 6.07 Å². The number of carboxylic acids is 1. The predicted molar refractivity (Wildman–Crippen MR) is 71.5 cm³/mol. The predicted octanol–water partition coefficient (Wildman–Crippen LogP) is 0.330. The molecule has 7 nitrogen and oxygen atoms in total. The maximum atomic E-state index is 11.6. The fourth-order valence-electron chi connectivity index (χ4n) is 1.56. The number of amides is 2. The summed E-state index contributed by atoms with van der Waals surface area (Å²) < 4.78 is 5.06. The van der Waals surface area contributed by atoms with Crippen LogP contribution in [0.3, 0.4) is 0 Å². The Morgan fingerprint density at radius 2 is 2.15 bits per heavy atom. The maximum absolute atomic E-state index is 11.6. The zero-order chi connectivity index (χ0) is 15.0. The molecule has 1 atom stereocenters. The van der Waals surface area contributed by atoms with Crippen LogP contribution in [0, 0.1) is 0 Å². The maximum Gasteiger partial charge on any atom is 0.326 e. The molecule has 0 saturated heterocycles. The lowest BCUT2D eigenvalue weighted by atomic mass is 10.2. The molecule has 0 aliphatic rings. The quantitative estimate of drug-likeness (QED) is 0.576.